The van der Waals surface area contributed by atoms with Crippen LogP contribution in [0.2, 0.25) is 0 Å². The average molecular weight is 564 g/mol. The van der Waals surface area contributed by atoms with Crippen molar-refractivity contribution in [2.75, 3.05) is 32.7 Å². The van der Waals surface area contributed by atoms with Crippen molar-refractivity contribution < 1.29 is 32.6 Å². The van der Waals surface area contributed by atoms with Gasteiger partial charge >= 0.3 is 18.2 Å². The SMILES string of the molecule is C[C@@H]1CN(C(=O)OC(C)(C)C)CCN1CCCCC1(C(=O)O)c2ccccc2-c2ccccc21.NCC(F)(F)F. The number of amides is 1. The van der Waals surface area contributed by atoms with E-state index in [9.17, 15) is 27.9 Å². The fourth-order valence-electron chi connectivity index (χ4n) is 5.46. The van der Waals surface area contributed by atoms with Gasteiger partial charge in [0.25, 0.3) is 0 Å². The van der Waals surface area contributed by atoms with Crippen molar-refractivity contribution in [3.63, 3.8) is 0 Å². The Morgan fingerprint density at radius 1 is 1.00 bits per heavy atom. The maximum atomic E-state index is 12.7. The molecule has 2 aromatic rings. The standard InChI is InChI=1S/C28H36N2O4.C2H4F3N/c1-20-19-30(26(33)34-27(2,3)4)18-17-29(20)16-10-9-15-28(25(31)32)23-13-7-5-11-21(23)22-12-6-8-14-24(22)28;3-2(4,5)1-6/h5-8,11-14,20H,9-10,15-19H2,1-4H3,(H,31,32);1,6H2/t20-;/m1./s1. The summed E-state index contributed by atoms with van der Waals surface area (Å²) in [5.74, 6) is -0.774. The lowest BCUT2D eigenvalue weighted by molar-refractivity contribution is -0.142. The second-order valence-electron chi connectivity index (χ2n) is 11.4. The lowest BCUT2D eigenvalue weighted by atomic mass is 9.74. The normalized spacial score (nSPS) is 18.3. The van der Waals surface area contributed by atoms with Gasteiger partial charge in [-0.1, -0.05) is 55.0 Å². The molecule has 0 spiro atoms. The molecule has 1 aliphatic heterocycles. The van der Waals surface area contributed by atoms with Crippen LogP contribution in [-0.2, 0) is 14.9 Å². The van der Waals surface area contributed by atoms with Crippen LogP contribution < -0.4 is 5.73 Å². The van der Waals surface area contributed by atoms with Gasteiger partial charge in [-0.25, -0.2) is 4.79 Å². The number of carboxylic acid groups (broad SMARTS) is 1. The number of carboxylic acids is 1. The summed E-state index contributed by atoms with van der Waals surface area (Å²) < 4.78 is 37.5. The number of carbonyl (C=O) groups is 2. The molecule has 2 aromatic carbocycles. The van der Waals surface area contributed by atoms with Crippen molar-refractivity contribution in [3.05, 3.63) is 59.7 Å². The summed E-state index contributed by atoms with van der Waals surface area (Å²) >= 11 is 0. The number of rotatable bonds is 6. The molecule has 1 atom stereocenters. The molecule has 0 unspecified atom stereocenters. The highest BCUT2D eigenvalue weighted by atomic mass is 19.4. The third kappa shape index (κ3) is 7.34. The second kappa shape index (κ2) is 12.6. The second-order valence-corrected chi connectivity index (χ2v) is 11.4. The van der Waals surface area contributed by atoms with Gasteiger partial charge in [0.1, 0.15) is 11.0 Å². The minimum atomic E-state index is -4.18. The molecule has 1 saturated heterocycles. The first kappa shape index (κ1) is 31.4. The summed E-state index contributed by atoms with van der Waals surface area (Å²) in [7, 11) is 0. The molecule has 3 N–H and O–H groups in total. The van der Waals surface area contributed by atoms with Crippen LogP contribution in [0.15, 0.2) is 48.5 Å². The molecule has 1 heterocycles. The molecule has 0 radical (unpaired) electrons. The predicted molar refractivity (Wildman–Crippen MR) is 148 cm³/mol. The molecule has 220 valence electrons. The summed E-state index contributed by atoms with van der Waals surface area (Å²) in [5, 5.41) is 10.4. The summed E-state index contributed by atoms with van der Waals surface area (Å²) in [4.78, 5) is 29.3. The summed E-state index contributed by atoms with van der Waals surface area (Å²) in [6, 6.07) is 16.1. The average Bonchev–Trinajstić information content (AvgIpc) is 3.17. The first-order valence-corrected chi connectivity index (χ1v) is 13.6. The van der Waals surface area contributed by atoms with Gasteiger partial charge in [-0.15, -0.1) is 0 Å². The number of aliphatic carboxylic acids is 1. The lowest BCUT2D eigenvalue weighted by Gasteiger charge is -2.40. The molecule has 0 aromatic heterocycles. The molecule has 1 amide bonds. The molecular formula is C30H40F3N3O4. The number of alkyl halides is 3. The minimum Gasteiger partial charge on any atom is -0.480 e. The zero-order valence-corrected chi connectivity index (χ0v) is 23.6. The van der Waals surface area contributed by atoms with Crippen LogP contribution in [0.25, 0.3) is 11.1 Å². The van der Waals surface area contributed by atoms with Crippen molar-refractivity contribution in [2.24, 2.45) is 5.73 Å². The molecule has 1 aliphatic carbocycles. The van der Waals surface area contributed by atoms with Crippen LogP contribution in [-0.4, -0.2) is 77.5 Å². The number of hydrogen-bond donors (Lipinski definition) is 2. The third-order valence-electron chi connectivity index (χ3n) is 7.32. The Labute approximate surface area is 234 Å². The summed E-state index contributed by atoms with van der Waals surface area (Å²) in [5.41, 5.74) is 6.58. The number of benzene rings is 2. The quantitative estimate of drug-likeness (QED) is 0.441. The van der Waals surface area contributed by atoms with Crippen molar-refractivity contribution >= 4 is 12.1 Å². The number of piperazine rings is 1. The number of hydrogen-bond acceptors (Lipinski definition) is 5. The Hall–Kier alpha value is -3.11. The van der Waals surface area contributed by atoms with E-state index in [-0.39, 0.29) is 12.1 Å². The summed E-state index contributed by atoms with van der Waals surface area (Å²) in [6.45, 7) is 9.55. The Balaban J connectivity index is 0.000000663. The number of unbranched alkanes of at least 4 members (excludes halogenated alkanes) is 1. The first-order chi connectivity index (χ1) is 18.7. The lowest BCUT2D eigenvalue weighted by Crippen LogP contribution is -2.54. The fraction of sp³-hybridized carbons (Fsp3) is 0.533. The van der Waals surface area contributed by atoms with Crippen LogP contribution in [0.3, 0.4) is 0 Å². The zero-order chi connectivity index (χ0) is 29.7. The Morgan fingerprint density at radius 2 is 1.52 bits per heavy atom. The molecule has 7 nitrogen and oxygen atoms in total. The van der Waals surface area contributed by atoms with Crippen molar-refractivity contribution in [3.8, 4) is 11.1 Å². The number of nitrogens with two attached hydrogens (primary N) is 1. The van der Waals surface area contributed by atoms with Crippen molar-refractivity contribution in [1.29, 1.82) is 0 Å². The van der Waals surface area contributed by atoms with Gasteiger partial charge < -0.3 is 20.5 Å². The van der Waals surface area contributed by atoms with E-state index in [2.05, 4.69) is 17.6 Å². The molecular weight excluding hydrogens is 523 g/mol. The minimum absolute atomic E-state index is 0.239. The number of fused-ring (bicyclic) bond motifs is 3. The van der Waals surface area contributed by atoms with Gasteiger partial charge in [0.15, 0.2) is 0 Å². The largest absolute Gasteiger partial charge is 0.480 e. The maximum absolute atomic E-state index is 12.7. The Morgan fingerprint density at radius 3 is 1.98 bits per heavy atom. The van der Waals surface area contributed by atoms with E-state index in [1.54, 1.807) is 4.90 Å². The molecule has 10 heteroatoms. The van der Waals surface area contributed by atoms with E-state index in [4.69, 9.17) is 4.74 Å². The predicted octanol–water partition coefficient (Wildman–Crippen LogP) is 5.66. The van der Waals surface area contributed by atoms with Crippen molar-refractivity contribution in [1.82, 2.24) is 9.80 Å². The van der Waals surface area contributed by atoms with Gasteiger partial charge in [0, 0.05) is 25.7 Å². The van der Waals surface area contributed by atoms with Crippen molar-refractivity contribution in [2.45, 2.75) is 70.2 Å². The number of nitrogens with zero attached hydrogens (tertiary/aromatic N) is 2. The van der Waals surface area contributed by atoms with Crippen LogP contribution in [0.5, 0.6) is 0 Å². The van der Waals surface area contributed by atoms with Crippen LogP contribution in [0.1, 0.15) is 58.1 Å². The Kier molecular flexibility index (Phi) is 9.89. The van der Waals surface area contributed by atoms with E-state index >= 15 is 0 Å². The van der Waals surface area contributed by atoms with Gasteiger partial charge in [0.05, 0.1) is 6.54 Å². The van der Waals surface area contributed by atoms with E-state index < -0.39 is 29.7 Å². The summed E-state index contributed by atoms with van der Waals surface area (Å²) in [6.07, 6.45) is -2.13. The monoisotopic (exact) mass is 563 g/mol. The van der Waals surface area contributed by atoms with E-state index in [0.717, 1.165) is 48.2 Å². The zero-order valence-electron chi connectivity index (χ0n) is 23.6. The highest BCUT2D eigenvalue weighted by Crippen LogP contribution is 2.51. The molecule has 0 bridgehead atoms. The highest BCUT2D eigenvalue weighted by Gasteiger charge is 2.48. The maximum Gasteiger partial charge on any atom is 0.410 e. The molecule has 40 heavy (non-hydrogen) atoms. The highest BCUT2D eigenvalue weighted by molar-refractivity contribution is 5.97. The first-order valence-electron chi connectivity index (χ1n) is 13.6. The van der Waals surface area contributed by atoms with Crippen LogP contribution >= 0.6 is 0 Å². The van der Waals surface area contributed by atoms with Crippen LogP contribution in [0.4, 0.5) is 18.0 Å². The number of halogens is 3. The smallest absolute Gasteiger partial charge is 0.410 e. The van der Waals surface area contributed by atoms with Gasteiger partial charge in [0.2, 0.25) is 0 Å². The fourth-order valence-corrected chi connectivity index (χ4v) is 5.46. The topological polar surface area (TPSA) is 96.1 Å². The third-order valence-corrected chi connectivity index (χ3v) is 7.32. The van der Waals surface area contributed by atoms with Gasteiger partial charge in [-0.3, -0.25) is 9.69 Å². The Bertz CT molecular complexity index is 1130. The molecule has 0 saturated carbocycles. The van der Waals surface area contributed by atoms with E-state index in [0.29, 0.717) is 19.5 Å². The van der Waals surface area contributed by atoms with Gasteiger partial charge in [-0.2, -0.15) is 13.2 Å². The van der Waals surface area contributed by atoms with Crippen LogP contribution in [0, 0.1) is 0 Å². The molecule has 4 rings (SSSR count). The van der Waals surface area contributed by atoms with E-state index in [1.165, 1.54) is 0 Å². The number of carbonyl (C=O) groups excluding carboxylic acids is 1. The number of ether oxygens (including phenoxy) is 1. The van der Waals surface area contributed by atoms with E-state index in [1.807, 2.05) is 69.3 Å². The molecule has 2 aliphatic rings. The van der Waals surface area contributed by atoms with Gasteiger partial charge in [-0.05, 0) is 69.3 Å². The molecule has 1 fully saturated rings.